The van der Waals surface area contributed by atoms with E-state index in [9.17, 15) is 0 Å². The van der Waals surface area contributed by atoms with Gasteiger partial charge in [0.15, 0.2) is 5.84 Å². The lowest BCUT2D eigenvalue weighted by atomic mass is 10.2. The number of thiophene rings is 1. The second-order valence-corrected chi connectivity index (χ2v) is 4.98. The zero-order valence-electron chi connectivity index (χ0n) is 10.7. The van der Waals surface area contributed by atoms with Crippen LogP contribution in [0.4, 0.5) is 5.69 Å². The minimum absolute atomic E-state index is 0.0280. The van der Waals surface area contributed by atoms with Gasteiger partial charge in [0.25, 0.3) is 0 Å². The molecule has 100 valence electrons. The molecule has 0 saturated heterocycles. The number of pyridine rings is 1. The molecule has 0 saturated carbocycles. The molecule has 6 heteroatoms. The molecule has 2 aromatic rings. The van der Waals surface area contributed by atoms with Crippen LogP contribution in [0.2, 0.25) is 0 Å². The highest BCUT2D eigenvalue weighted by Gasteiger charge is 2.14. The summed E-state index contributed by atoms with van der Waals surface area (Å²) in [4.78, 5) is 7.60. The van der Waals surface area contributed by atoms with Crippen LogP contribution < -0.4 is 10.6 Å². The molecule has 0 atom stereocenters. The van der Waals surface area contributed by atoms with Crippen LogP contribution in [0, 0.1) is 0 Å². The quantitative estimate of drug-likeness (QED) is 0.380. The van der Waals surface area contributed by atoms with E-state index in [2.05, 4.69) is 33.4 Å². The van der Waals surface area contributed by atoms with Gasteiger partial charge in [-0.1, -0.05) is 11.2 Å². The Balaban J connectivity index is 2.33. The summed E-state index contributed by atoms with van der Waals surface area (Å²) < 4.78 is 0. The standard InChI is InChI=1S/C13H16N4OS/c1-2-17(9-10-5-4-8-19-10)11-6-3-7-15-12(11)13(14)16-18/h3-8,18H,2,9H2,1H3,(H2,14,16). The smallest absolute Gasteiger partial charge is 0.190 e. The van der Waals surface area contributed by atoms with Crippen LogP contribution in [0.5, 0.6) is 0 Å². The average molecular weight is 276 g/mol. The second-order valence-electron chi connectivity index (χ2n) is 3.95. The van der Waals surface area contributed by atoms with Gasteiger partial charge in [-0.15, -0.1) is 11.3 Å². The van der Waals surface area contributed by atoms with Gasteiger partial charge in [-0.2, -0.15) is 0 Å². The van der Waals surface area contributed by atoms with Crippen LogP contribution in [-0.2, 0) is 6.54 Å². The third-order valence-electron chi connectivity index (χ3n) is 2.79. The summed E-state index contributed by atoms with van der Waals surface area (Å²) in [7, 11) is 0. The fourth-order valence-electron chi connectivity index (χ4n) is 1.85. The fraction of sp³-hybridized carbons (Fsp3) is 0.231. The summed E-state index contributed by atoms with van der Waals surface area (Å²) in [5.41, 5.74) is 7.05. The van der Waals surface area contributed by atoms with Gasteiger partial charge in [-0.05, 0) is 30.5 Å². The summed E-state index contributed by atoms with van der Waals surface area (Å²) in [5.74, 6) is 0.0280. The average Bonchev–Trinajstić information content (AvgIpc) is 2.97. The zero-order chi connectivity index (χ0) is 13.7. The van der Waals surface area contributed by atoms with E-state index in [1.165, 1.54) is 4.88 Å². The van der Waals surface area contributed by atoms with E-state index in [0.29, 0.717) is 5.69 Å². The van der Waals surface area contributed by atoms with Crippen LogP contribution >= 0.6 is 11.3 Å². The molecule has 0 radical (unpaired) electrons. The van der Waals surface area contributed by atoms with Crippen LogP contribution in [0.15, 0.2) is 41.0 Å². The van der Waals surface area contributed by atoms with Crippen molar-refractivity contribution in [2.24, 2.45) is 10.9 Å². The predicted molar refractivity (Wildman–Crippen MR) is 77.8 cm³/mol. The summed E-state index contributed by atoms with van der Waals surface area (Å²) >= 11 is 1.71. The summed E-state index contributed by atoms with van der Waals surface area (Å²) in [6.07, 6.45) is 1.63. The number of nitrogens with zero attached hydrogens (tertiary/aromatic N) is 3. The first-order valence-electron chi connectivity index (χ1n) is 5.96. The Bertz CT molecular complexity index is 554. The Morgan fingerprint density at radius 2 is 2.32 bits per heavy atom. The Morgan fingerprint density at radius 1 is 1.47 bits per heavy atom. The highest BCUT2D eigenvalue weighted by atomic mass is 32.1. The van der Waals surface area contributed by atoms with Crippen molar-refractivity contribution in [2.75, 3.05) is 11.4 Å². The zero-order valence-corrected chi connectivity index (χ0v) is 11.5. The third-order valence-corrected chi connectivity index (χ3v) is 3.65. The van der Waals surface area contributed by atoms with Crippen LogP contribution in [0.25, 0.3) is 0 Å². The van der Waals surface area contributed by atoms with Crippen molar-refractivity contribution in [1.82, 2.24) is 4.98 Å². The summed E-state index contributed by atoms with van der Waals surface area (Å²) in [5, 5.41) is 13.9. The second kappa shape index (κ2) is 6.19. The molecule has 0 aromatic carbocycles. The Labute approximate surface area is 116 Å². The third kappa shape index (κ3) is 3.03. The molecule has 2 aromatic heterocycles. The van der Waals surface area contributed by atoms with E-state index in [0.717, 1.165) is 18.8 Å². The topological polar surface area (TPSA) is 74.7 Å². The highest BCUT2D eigenvalue weighted by molar-refractivity contribution is 7.09. The molecule has 0 aliphatic heterocycles. The molecule has 0 spiro atoms. The molecular weight excluding hydrogens is 260 g/mol. The van der Waals surface area contributed by atoms with Gasteiger partial charge in [0.1, 0.15) is 5.69 Å². The molecule has 2 rings (SSSR count). The van der Waals surface area contributed by atoms with E-state index in [1.807, 2.05) is 18.2 Å². The molecule has 0 aliphatic carbocycles. The van der Waals surface area contributed by atoms with Crippen LogP contribution in [0.1, 0.15) is 17.5 Å². The molecule has 2 heterocycles. The van der Waals surface area contributed by atoms with E-state index < -0.39 is 0 Å². The maximum absolute atomic E-state index is 8.83. The number of hydrogen-bond acceptors (Lipinski definition) is 5. The van der Waals surface area contributed by atoms with Gasteiger partial charge in [0.2, 0.25) is 0 Å². The van der Waals surface area contributed by atoms with Gasteiger partial charge in [0.05, 0.1) is 12.2 Å². The van der Waals surface area contributed by atoms with Gasteiger partial charge >= 0.3 is 0 Å². The van der Waals surface area contributed by atoms with Crippen LogP contribution in [-0.4, -0.2) is 22.6 Å². The number of aromatic nitrogens is 1. The van der Waals surface area contributed by atoms with Gasteiger partial charge in [-0.25, -0.2) is 0 Å². The maximum atomic E-state index is 8.83. The number of rotatable bonds is 5. The number of amidine groups is 1. The number of anilines is 1. The monoisotopic (exact) mass is 276 g/mol. The molecular formula is C13H16N4OS. The Morgan fingerprint density at radius 3 is 2.95 bits per heavy atom. The number of hydrogen-bond donors (Lipinski definition) is 2. The molecule has 19 heavy (non-hydrogen) atoms. The number of nitrogens with two attached hydrogens (primary N) is 1. The lowest BCUT2D eigenvalue weighted by Crippen LogP contribution is -2.26. The number of oxime groups is 1. The molecule has 0 fully saturated rings. The maximum Gasteiger partial charge on any atom is 0.190 e. The van der Waals surface area contributed by atoms with Gasteiger partial charge < -0.3 is 15.8 Å². The minimum atomic E-state index is 0.0280. The fourth-order valence-corrected chi connectivity index (χ4v) is 2.57. The van der Waals surface area contributed by atoms with E-state index in [-0.39, 0.29) is 5.84 Å². The predicted octanol–water partition coefficient (Wildman–Crippen LogP) is 2.26. The van der Waals surface area contributed by atoms with Gasteiger partial charge in [-0.3, -0.25) is 4.98 Å². The molecule has 5 nitrogen and oxygen atoms in total. The van der Waals surface area contributed by atoms with Crippen molar-refractivity contribution in [3.05, 3.63) is 46.4 Å². The summed E-state index contributed by atoms with van der Waals surface area (Å²) in [6.45, 7) is 3.66. The molecule has 0 amide bonds. The van der Waals surface area contributed by atoms with E-state index >= 15 is 0 Å². The lowest BCUT2D eigenvalue weighted by Gasteiger charge is -2.24. The first-order valence-corrected chi connectivity index (χ1v) is 6.84. The van der Waals surface area contributed by atoms with Crippen molar-refractivity contribution in [3.63, 3.8) is 0 Å². The van der Waals surface area contributed by atoms with Crippen LogP contribution in [0.3, 0.4) is 0 Å². The first kappa shape index (κ1) is 13.4. The largest absolute Gasteiger partial charge is 0.409 e. The lowest BCUT2D eigenvalue weighted by molar-refractivity contribution is 0.318. The normalized spacial score (nSPS) is 11.5. The molecule has 0 unspecified atom stereocenters. The van der Waals surface area contributed by atoms with Crippen molar-refractivity contribution < 1.29 is 5.21 Å². The molecule has 0 bridgehead atoms. The molecule has 3 N–H and O–H groups in total. The van der Waals surface area contributed by atoms with E-state index in [1.54, 1.807) is 17.5 Å². The first-order chi connectivity index (χ1) is 9.26. The Kier molecular flexibility index (Phi) is 4.35. The van der Waals surface area contributed by atoms with Gasteiger partial charge in [0, 0.05) is 17.6 Å². The minimum Gasteiger partial charge on any atom is -0.409 e. The van der Waals surface area contributed by atoms with Crippen molar-refractivity contribution >= 4 is 22.9 Å². The highest BCUT2D eigenvalue weighted by Crippen LogP contribution is 2.22. The Hall–Kier alpha value is -2.08. The molecule has 0 aliphatic rings. The summed E-state index contributed by atoms with van der Waals surface area (Å²) in [6, 6.07) is 7.90. The SMILES string of the molecule is CCN(Cc1cccs1)c1cccnc1/C(N)=N/O. The van der Waals surface area contributed by atoms with Crippen molar-refractivity contribution in [3.8, 4) is 0 Å². The van der Waals surface area contributed by atoms with Crippen molar-refractivity contribution in [1.29, 1.82) is 0 Å². The van der Waals surface area contributed by atoms with Crippen molar-refractivity contribution in [2.45, 2.75) is 13.5 Å². The van der Waals surface area contributed by atoms with E-state index in [4.69, 9.17) is 10.9 Å².